The third-order valence-electron chi connectivity index (χ3n) is 3.50. The highest BCUT2D eigenvalue weighted by atomic mass is 16.5. The first-order chi connectivity index (χ1) is 11.2. The monoisotopic (exact) mass is 323 g/mol. The van der Waals surface area contributed by atoms with E-state index in [4.69, 9.17) is 9.47 Å². The molecule has 0 spiro atoms. The molecule has 1 saturated heterocycles. The molecule has 8 nitrogen and oxygen atoms in total. The van der Waals surface area contributed by atoms with Crippen molar-refractivity contribution in [3.05, 3.63) is 17.6 Å². The largest absolute Gasteiger partial charge is 0.383 e. The molecule has 1 fully saturated rings. The Labute approximate surface area is 136 Å². The Morgan fingerprint density at radius 2 is 2.13 bits per heavy atom. The number of anilines is 1. The lowest BCUT2D eigenvalue weighted by molar-refractivity contribution is 0.0383. The van der Waals surface area contributed by atoms with Gasteiger partial charge in [-0.2, -0.15) is 0 Å². The molecule has 0 aromatic carbocycles. The van der Waals surface area contributed by atoms with Crippen LogP contribution in [0.4, 0.5) is 5.82 Å². The number of hydrogen-bond donors (Lipinski definition) is 2. The van der Waals surface area contributed by atoms with Crippen LogP contribution in [0, 0.1) is 6.92 Å². The van der Waals surface area contributed by atoms with E-state index in [2.05, 4.69) is 25.5 Å². The fourth-order valence-electron chi connectivity index (χ4n) is 2.30. The Kier molecular flexibility index (Phi) is 7.18. The van der Waals surface area contributed by atoms with E-state index in [1.54, 1.807) is 20.1 Å². The first-order valence-electron chi connectivity index (χ1n) is 7.86. The molecule has 1 aliphatic heterocycles. The van der Waals surface area contributed by atoms with Gasteiger partial charge in [-0.05, 0) is 6.92 Å². The second kappa shape index (κ2) is 9.39. The van der Waals surface area contributed by atoms with Crippen molar-refractivity contribution < 1.29 is 14.3 Å². The highest BCUT2D eigenvalue weighted by Crippen LogP contribution is 2.06. The predicted octanol–water partition coefficient (Wildman–Crippen LogP) is -0.0947. The maximum absolute atomic E-state index is 12.2. The van der Waals surface area contributed by atoms with Crippen molar-refractivity contribution in [1.82, 2.24) is 20.2 Å². The molecule has 0 aliphatic carbocycles. The second-order valence-corrected chi connectivity index (χ2v) is 5.32. The van der Waals surface area contributed by atoms with Crippen molar-refractivity contribution in [2.24, 2.45) is 0 Å². The molecule has 1 aromatic heterocycles. The summed E-state index contributed by atoms with van der Waals surface area (Å²) in [7, 11) is 1.64. The van der Waals surface area contributed by atoms with Crippen LogP contribution in [-0.2, 0) is 9.47 Å². The van der Waals surface area contributed by atoms with Gasteiger partial charge in [0, 0.05) is 45.9 Å². The van der Waals surface area contributed by atoms with Crippen molar-refractivity contribution in [2.45, 2.75) is 6.92 Å². The number of carbonyl (C=O) groups is 1. The molecule has 1 aromatic rings. The van der Waals surface area contributed by atoms with Crippen molar-refractivity contribution in [3.63, 3.8) is 0 Å². The van der Waals surface area contributed by atoms with Crippen LogP contribution in [0.3, 0.4) is 0 Å². The standard InChI is InChI=1S/C15H25N5O3/c1-12-18-13(11-14(19-12)16-4-8-22-2)15(21)17-3-5-20-6-9-23-10-7-20/h11H,3-10H2,1-2H3,(H,17,21)(H,16,18,19). The average Bonchev–Trinajstić information content (AvgIpc) is 2.55. The molecule has 128 valence electrons. The molecule has 0 radical (unpaired) electrons. The van der Waals surface area contributed by atoms with Gasteiger partial charge in [0.2, 0.25) is 0 Å². The van der Waals surface area contributed by atoms with E-state index >= 15 is 0 Å². The minimum atomic E-state index is -0.182. The van der Waals surface area contributed by atoms with Crippen LogP contribution in [0.5, 0.6) is 0 Å². The average molecular weight is 323 g/mol. The number of morpholine rings is 1. The number of carbonyl (C=O) groups excluding carboxylic acids is 1. The summed E-state index contributed by atoms with van der Waals surface area (Å²) < 4.78 is 10.3. The summed E-state index contributed by atoms with van der Waals surface area (Å²) in [6.07, 6.45) is 0. The topological polar surface area (TPSA) is 88.6 Å². The van der Waals surface area contributed by atoms with E-state index in [-0.39, 0.29) is 5.91 Å². The molecule has 0 atom stereocenters. The molecule has 23 heavy (non-hydrogen) atoms. The number of rotatable bonds is 8. The zero-order valence-corrected chi connectivity index (χ0v) is 13.8. The maximum Gasteiger partial charge on any atom is 0.270 e. The smallest absolute Gasteiger partial charge is 0.270 e. The fraction of sp³-hybridized carbons (Fsp3) is 0.667. The van der Waals surface area contributed by atoms with Crippen molar-refractivity contribution >= 4 is 11.7 Å². The Bertz CT molecular complexity index is 506. The van der Waals surface area contributed by atoms with Gasteiger partial charge in [0.15, 0.2) is 0 Å². The fourth-order valence-corrected chi connectivity index (χ4v) is 2.30. The van der Waals surface area contributed by atoms with Gasteiger partial charge in [-0.25, -0.2) is 9.97 Å². The maximum atomic E-state index is 12.2. The van der Waals surface area contributed by atoms with Gasteiger partial charge in [0.25, 0.3) is 5.91 Å². The van der Waals surface area contributed by atoms with E-state index < -0.39 is 0 Å². The van der Waals surface area contributed by atoms with Crippen molar-refractivity contribution in [2.75, 3.05) is 65.0 Å². The molecule has 1 aliphatic rings. The number of ether oxygens (including phenoxy) is 2. The van der Waals surface area contributed by atoms with E-state index in [0.717, 1.165) is 32.8 Å². The lowest BCUT2D eigenvalue weighted by Crippen LogP contribution is -2.41. The number of methoxy groups -OCH3 is 1. The Balaban J connectivity index is 1.82. The molecule has 2 heterocycles. The van der Waals surface area contributed by atoms with Crippen LogP contribution in [0.25, 0.3) is 0 Å². The Morgan fingerprint density at radius 1 is 1.35 bits per heavy atom. The third kappa shape index (κ3) is 6.09. The van der Waals surface area contributed by atoms with Gasteiger partial charge < -0.3 is 20.1 Å². The SMILES string of the molecule is COCCNc1cc(C(=O)NCCN2CCOCC2)nc(C)n1. The van der Waals surface area contributed by atoms with Crippen LogP contribution in [0.15, 0.2) is 6.07 Å². The normalized spacial score (nSPS) is 15.4. The third-order valence-corrected chi connectivity index (χ3v) is 3.50. The van der Waals surface area contributed by atoms with Gasteiger partial charge in [0.1, 0.15) is 17.3 Å². The number of nitrogens with one attached hydrogen (secondary N) is 2. The number of amides is 1. The molecule has 0 bridgehead atoms. The Morgan fingerprint density at radius 3 is 2.87 bits per heavy atom. The van der Waals surface area contributed by atoms with Gasteiger partial charge in [-0.1, -0.05) is 0 Å². The molecule has 8 heteroatoms. The lowest BCUT2D eigenvalue weighted by Gasteiger charge is -2.26. The van der Waals surface area contributed by atoms with Gasteiger partial charge >= 0.3 is 0 Å². The van der Waals surface area contributed by atoms with Crippen LogP contribution >= 0.6 is 0 Å². The van der Waals surface area contributed by atoms with Gasteiger partial charge in [0.05, 0.1) is 19.8 Å². The number of nitrogens with zero attached hydrogens (tertiary/aromatic N) is 3. The molecular weight excluding hydrogens is 298 g/mol. The Hall–Kier alpha value is -1.77. The highest BCUT2D eigenvalue weighted by Gasteiger charge is 2.13. The molecule has 2 N–H and O–H groups in total. The zero-order valence-electron chi connectivity index (χ0n) is 13.8. The van der Waals surface area contributed by atoms with E-state index in [1.165, 1.54) is 0 Å². The summed E-state index contributed by atoms with van der Waals surface area (Å²) >= 11 is 0. The summed E-state index contributed by atoms with van der Waals surface area (Å²) in [5, 5.41) is 6.02. The quantitative estimate of drug-likeness (QED) is 0.646. The summed E-state index contributed by atoms with van der Waals surface area (Å²) in [6.45, 7) is 7.73. The first kappa shape index (κ1) is 17.6. The second-order valence-electron chi connectivity index (χ2n) is 5.32. The van der Waals surface area contributed by atoms with E-state index in [9.17, 15) is 4.79 Å². The predicted molar refractivity (Wildman–Crippen MR) is 86.7 cm³/mol. The minimum absolute atomic E-state index is 0.182. The first-order valence-corrected chi connectivity index (χ1v) is 7.86. The number of aromatic nitrogens is 2. The highest BCUT2D eigenvalue weighted by molar-refractivity contribution is 5.92. The summed E-state index contributed by atoms with van der Waals surface area (Å²) in [4.78, 5) is 23.0. The van der Waals surface area contributed by atoms with Crippen LogP contribution < -0.4 is 10.6 Å². The summed E-state index contributed by atoms with van der Waals surface area (Å²) in [5.41, 5.74) is 0.374. The molecule has 0 saturated carbocycles. The zero-order chi connectivity index (χ0) is 16.5. The minimum Gasteiger partial charge on any atom is -0.383 e. The van der Waals surface area contributed by atoms with Gasteiger partial charge in [-0.15, -0.1) is 0 Å². The number of hydrogen-bond acceptors (Lipinski definition) is 7. The lowest BCUT2D eigenvalue weighted by atomic mass is 10.3. The summed E-state index contributed by atoms with van der Waals surface area (Å²) in [6, 6.07) is 1.66. The van der Waals surface area contributed by atoms with Gasteiger partial charge in [-0.3, -0.25) is 9.69 Å². The van der Waals surface area contributed by atoms with Crippen molar-refractivity contribution in [3.8, 4) is 0 Å². The molecular formula is C15H25N5O3. The van der Waals surface area contributed by atoms with Crippen molar-refractivity contribution in [1.29, 1.82) is 0 Å². The van der Waals surface area contributed by atoms with Crippen LogP contribution in [0.2, 0.25) is 0 Å². The van der Waals surface area contributed by atoms with E-state index in [0.29, 0.717) is 37.0 Å². The molecule has 2 rings (SSSR count). The summed E-state index contributed by atoms with van der Waals surface area (Å²) in [5.74, 6) is 1.01. The van der Waals surface area contributed by atoms with Crippen LogP contribution in [-0.4, -0.2) is 80.4 Å². The van der Waals surface area contributed by atoms with E-state index in [1.807, 2.05) is 0 Å². The van der Waals surface area contributed by atoms with Crippen LogP contribution in [0.1, 0.15) is 16.3 Å². The molecule has 1 amide bonds. The number of aryl methyl sites for hydroxylation is 1. The molecule has 0 unspecified atom stereocenters.